The second-order valence-electron chi connectivity index (χ2n) is 6.56. The minimum absolute atomic E-state index is 0.0374. The Balaban J connectivity index is 2.00. The molecule has 2 rings (SSSR count). The zero-order valence-corrected chi connectivity index (χ0v) is 14.5. The number of hydrogen-bond acceptors (Lipinski definition) is 3. The Morgan fingerprint density at radius 3 is 2.45 bits per heavy atom. The molecule has 1 fully saturated rings. The Hall–Kier alpha value is -0.750. The highest BCUT2D eigenvalue weighted by atomic mass is 32.2. The number of nitrogens with one attached hydrogen (secondary N) is 1. The quantitative estimate of drug-likeness (QED) is 0.873. The summed E-state index contributed by atoms with van der Waals surface area (Å²) in [5.74, 6) is 0. The maximum Gasteiger partial charge on any atom is 0.157 e. The summed E-state index contributed by atoms with van der Waals surface area (Å²) in [6.45, 7) is 7.46. The molecule has 0 aliphatic carbocycles. The van der Waals surface area contributed by atoms with E-state index >= 15 is 0 Å². The summed E-state index contributed by atoms with van der Waals surface area (Å²) in [6.07, 6.45) is 2.46. The summed E-state index contributed by atoms with van der Waals surface area (Å²) in [5, 5.41) is 0. The summed E-state index contributed by atoms with van der Waals surface area (Å²) in [7, 11) is -1.11. The van der Waals surface area contributed by atoms with Crippen molar-refractivity contribution in [2.75, 3.05) is 13.2 Å². The Bertz CT molecular complexity index is 467. The molecule has 1 N–H and O–H groups in total. The van der Waals surface area contributed by atoms with Gasteiger partial charge in [0.1, 0.15) is 0 Å². The fourth-order valence-electron chi connectivity index (χ4n) is 2.29. The van der Waals surface area contributed by atoms with E-state index in [0.717, 1.165) is 38.0 Å². The lowest BCUT2D eigenvalue weighted by Crippen LogP contribution is -2.36. The number of hydrogen-bond donors (Lipinski definition) is 1. The van der Waals surface area contributed by atoms with E-state index in [4.69, 9.17) is 9.47 Å². The summed E-state index contributed by atoms with van der Waals surface area (Å²) in [6, 6.07) is 10.2. The molecule has 0 bridgehead atoms. The van der Waals surface area contributed by atoms with Gasteiger partial charge in [-0.3, -0.25) is 0 Å². The maximum absolute atomic E-state index is 12.4. The van der Waals surface area contributed by atoms with Crippen molar-refractivity contribution >= 4 is 11.0 Å². The molecule has 0 unspecified atom stereocenters. The van der Waals surface area contributed by atoms with E-state index in [1.165, 1.54) is 0 Å². The van der Waals surface area contributed by atoms with Gasteiger partial charge < -0.3 is 9.47 Å². The van der Waals surface area contributed by atoms with Crippen LogP contribution in [0, 0.1) is 0 Å². The third kappa shape index (κ3) is 5.47. The molecular weight excluding hydrogens is 298 g/mol. The SMILES string of the molecule is CC(C)(C)[S@@](=O)N[C@H](CCC1OCCCO1)c1ccccc1. The zero-order chi connectivity index (χ0) is 16.0. The van der Waals surface area contributed by atoms with Crippen molar-refractivity contribution in [2.45, 2.75) is 57.1 Å². The summed E-state index contributed by atoms with van der Waals surface area (Å²) >= 11 is 0. The van der Waals surface area contributed by atoms with Crippen LogP contribution in [0.15, 0.2) is 30.3 Å². The van der Waals surface area contributed by atoms with Crippen LogP contribution in [0.2, 0.25) is 0 Å². The lowest BCUT2D eigenvalue weighted by molar-refractivity contribution is -0.182. The molecule has 0 saturated carbocycles. The van der Waals surface area contributed by atoms with Gasteiger partial charge in [-0.25, -0.2) is 8.93 Å². The first-order chi connectivity index (χ1) is 10.5. The van der Waals surface area contributed by atoms with Crippen LogP contribution in [0.4, 0.5) is 0 Å². The molecule has 2 atom stereocenters. The van der Waals surface area contributed by atoms with Crippen LogP contribution in [0.1, 0.15) is 51.6 Å². The Morgan fingerprint density at radius 1 is 1.23 bits per heavy atom. The Labute approximate surface area is 136 Å². The summed E-state index contributed by atoms with van der Waals surface area (Å²) in [4.78, 5) is 0. The van der Waals surface area contributed by atoms with Crippen LogP contribution in [0.3, 0.4) is 0 Å². The van der Waals surface area contributed by atoms with Gasteiger partial charge in [0, 0.05) is 12.5 Å². The van der Waals surface area contributed by atoms with E-state index in [-0.39, 0.29) is 17.1 Å². The smallest absolute Gasteiger partial charge is 0.157 e. The Kier molecular flexibility index (Phi) is 6.56. The molecule has 0 radical (unpaired) electrons. The first kappa shape index (κ1) is 17.6. The van der Waals surface area contributed by atoms with Gasteiger partial charge in [-0.05, 0) is 39.2 Å². The molecule has 4 nitrogen and oxygen atoms in total. The van der Waals surface area contributed by atoms with Crippen LogP contribution < -0.4 is 4.72 Å². The van der Waals surface area contributed by atoms with Crippen LogP contribution in [-0.4, -0.2) is 28.5 Å². The molecule has 1 aliphatic rings. The first-order valence-electron chi connectivity index (χ1n) is 7.93. The largest absolute Gasteiger partial charge is 0.353 e. The molecule has 22 heavy (non-hydrogen) atoms. The van der Waals surface area contributed by atoms with Crippen LogP contribution >= 0.6 is 0 Å². The molecule has 1 heterocycles. The highest BCUT2D eigenvalue weighted by molar-refractivity contribution is 7.84. The summed E-state index contributed by atoms with van der Waals surface area (Å²) < 4.78 is 26.6. The second-order valence-corrected chi connectivity index (χ2v) is 8.56. The van der Waals surface area contributed by atoms with Gasteiger partial charge in [0.25, 0.3) is 0 Å². The average Bonchev–Trinajstić information content (AvgIpc) is 2.52. The highest BCUT2D eigenvalue weighted by Gasteiger charge is 2.25. The minimum Gasteiger partial charge on any atom is -0.353 e. The minimum atomic E-state index is -1.11. The van der Waals surface area contributed by atoms with Crippen LogP contribution in [0.5, 0.6) is 0 Å². The summed E-state index contributed by atoms with van der Waals surface area (Å²) in [5.41, 5.74) is 1.15. The topological polar surface area (TPSA) is 47.6 Å². The van der Waals surface area contributed by atoms with Gasteiger partial charge in [0.05, 0.1) is 28.9 Å². The van der Waals surface area contributed by atoms with Gasteiger partial charge >= 0.3 is 0 Å². The second kappa shape index (κ2) is 8.20. The van der Waals surface area contributed by atoms with Gasteiger partial charge in [-0.15, -0.1) is 0 Å². The van der Waals surface area contributed by atoms with Gasteiger partial charge in [0.2, 0.25) is 0 Å². The molecular formula is C17H27NO3S. The molecule has 5 heteroatoms. The van der Waals surface area contributed by atoms with E-state index in [9.17, 15) is 4.21 Å². The van der Waals surface area contributed by atoms with Crippen molar-refractivity contribution in [1.29, 1.82) is 0 Å². The third-order valence-electron chi connectivity index (χ3n) is 3.59. The first-order valence-corrected chi connectivity index (χ1v) is 9.08. The monoisotopic (exact) mass is 325 g/mol. The lowest BCUT2D eigenvalue weighted by Gasteiger charge is -2.27. The zero-order valence-electron chi connectivity index (χ0n) is 13.7. The normalized spacial score (nSPS) is 19.8. The lowest BCUT2D eigenvalue weighted by atomic mass is 10.0. The van der Waals surface area contributed by atoms with E-state index in [1.807, 2.05) is 39.0 Å². The van der Waals surface area contributed by atoms with Crippen molar-refractivity contribution in [3.8, 4) is 0 Å². The van der Waals surface area contributed by atoms with Crippen molar-refractivity contribution in [2.24, 2.45) is 0 Å². The van der Waals surface area contributed by atoms with Crippen molar-refractivity contribution in [1.82, 2.24) is 4.72 Å². The van der Waals surface area contributed by atoms with Crippen molar-refractivity contribution in [3.63, 3.8) is 0 Å². The van der Waals surface area contributed by atoms with Crippen molar-refractivity contribution < 1.29 is 13.7 Å². The number of rotatable bonds is 6. The van der Waals surface area contributed by atoms with E-state index in [1.54, 1.807) is 0 Å². The van der Waals surface area contributed by atoms with E-state index < -0.39 is 11.0 Å². The molecule has 0 aromatic heterocycles. The van der Waals surface area contributed by atoms with Crippen LogP contribution in [0.25, 0.3) is 0 Å². The van der Waals surface area contributed by atoms with Gasteiger partial charge in [0.15, 0.2) is 6.29 Å². The van der Waals surface area contributed by atoms with Gasteiger partial charge in [-0.1, -0.05) is 30.3 Å². The fraction of sp³-hybridized carbons (Fsp3) is 0.647. The third-order valence-corrected chi connectivity index (χ3v) is 5.21. The fourth-order valence-corrected chi connectivity index (χ4v) is 3.16. The molecule has 1 aliphatic heterocycles. The number of benzene rings is 1. The maximum atomic E-state index is 12.4. The van der Waals surface area contributed by atoms with Gasteiger partial charge in [-0.2, -0.15) is 0 Å². The molecule has 0 spiro atoms. The number of ether oxygens (including phenoxy) is 2. The van der Waals surface area contributed by atoms with Crippen molar-refractivity contribution in [3.05, 3.63) is 35.9 Å². The molecule has 0 amide bonds. The Morgan fingerprint density at radius 2 is 1.86 bits per heavy atom. The predicted octanol–water partition coefficient (Wildman–Crippen LogP) is 3.32. The molecule has 1 aromatic carbocycles. The standard InChI is InChI=1S/C17H27NO3S/c1-17(2,3)22(19)18-15(14-8-5-4-6-9-14)10-11-16-20-12-7-13-21-16/h4-6,8-9,15-16,18H,7,10-13H2,1-3H3/t15-,22-/m1/s1. The molecule has 124 valence electrons. The van der Waals surface area contributed by atoms with E-state index in [2.05, 4.69) is 16.9 Å². The highest BCUT2D eigenvalue weighted by Crippen LogP contribution is 2.24. The molecule has 1 saturated heterocycles. The van der Waals surface area contributed by atoms with E-state index in [0.29, 0.717) is 0 Å². The predicted molar refractivity (Wildman–Crippen MR) is 89.8 cm³/mol. The molecule has 1 aromatic rings. The van der Waals surface area contributed by atoms with Crippen LogP contribution in [-0.2, 0) is 20.5 Å². The average molecular weight is 325 g/mol.